The van der Waals surface area contributed by atoms with E-state index in [1.54, 1.807) is 20.2 Å². The van der Waals surface area contributed by atoms with Gasteiger partial charge in [-0.1, -0.05) is 32.1 Å². The highest BCUT2D eigenvalue weighted by Crippen LogP contribution is 2.66. The molecule has 2 saturated heterocycles. The molecule has 346 valence electrons. The van der Waals surface area contributed by atoms with Crippen LogP contribution in [0.25, 0.3) is 10.9 Å². The molecule has 1 aliphatic carbocycles. The largest absolute Gasteiger partial charge is 0.497 e. The van der Waals surface area contributed by atoms with Gasteiger partial charge in [-0.15, -0.1) is 0 Å². The van der Waals surface area contributed by atoms with Crippen LogP contribution in [0.15, 0.2) is 48.6 Å². The Morgan fingerprint density at radius 2 is 1.77 bits per heavy atom. The molecule has 4 unspecified atom stereocenters. The zero-order chi connectivity index (χ0) is 45.9. The van der Waals surface area contributed by atoms with Crippen molar-refractivity contribution in [1.82, 2.24) is 20.1 Å². The maximum Gasteiger partial charge on any atom is 0.344 e. The van der Waals surface area contributed by atoms with Crippen LogP contribution in [0.5, 0.6) is 5.75 Å². The highest BCUT2D eigenvalue weighted by atomic mass is 16.6. The van der Waals surface area contributed by atoms with Crippen LogP contribution in [0.1, 0.15) is 92.4 Å². The van der Waals surface area contributed by atoms with Crippen molar-refractivity contribution in [1.29, 1.82) is 0 Å². The Morgan fingerprint density at radius 1 is 0.984 bits per heavy atom. The second-order valence-electron chi connectivity index (χ2n) is 18.9. The molecule has 15 heteroatoms. The number of carbonyl (C=O) groups excluding carboxylic acids is 4. The monoisotopic (exact) mass is 883 g/mol. The number of aromatic nitrogens is 1. The Kier molecular flexibility index (Phi) is 12.2. The minimum absolute atomic E-state index is 0.0693. The Morgan fingerprint density at radius 3 is 2.44 bits per heavy atom. The zero-order valence-corrected chi connectivity index (χ0v) is 38.5. The number of anilines is 1. The molecule has 6 aliphatic rings. The van der Waals surface area contributed by atoms with E-state index in [0.29, 0.717) is 43.5 Å². The molecule has 2 bridgehead atoms. The molecule has 64 heavy (non-hydrogen) atoms. The quantitative estimate of drug-likeness (QED) is 0.151. The molecule has 1 amide bonds. The molecule has 9 rings (SSSR count). The molecule has 4 N–H and O–H groups in total. The van der Waals surface area contributed by atoms with E-state index in [1.165, 1.54) is 21.1 Å². The van der Waals surface area contributed by atoms with Gasteiger partial charge < -0.3 is 44.4 Å². The number of amides is 1. The summed E-state index contributed by atoms with van der Waals surface area (Å²) in [7, 11) is 7.84. The number of aromatic amines is 1. The summed E-state index contributed by atoms with van der Waals surface area (Å²) in [5, 5.41) is 27.2. The van der Waals surface area contributed by atoms with E-state index in [0.717, 1.165) is 78.9 Å². The second-order valence-corrected chi connectivity index (χ2v) is 18.9. The number of likely N-dealkylation sites (N-methyl/N-ethyl adjacent to an activating group) is 1. The molecule has 2 aromatic carbocycles. The Hall–Kier alpha value is -4.96. The number of nitrogens with one attached hydrogen (secondary N) is 2. The van der Waals surface area contributed by atoms with Crippen LogP contribution in [0, 0.1) is 11.3 Å². The Balaban J connectivity index is 0.000000176. The van der Waals surface area contributed by atoms with Crippen LogP contribution in [0.4, 0.5) is 5.69 Å². The van der Waals surface area contributed by atoms with Crippen molar-refractivity contribution in [3.63, 3.8) is 0 Å². The summed E-state index contributed by atoms with van der Waals surface area (Å²) >= 11 is 0. The SMILES string of the molecule is CC[C@]1(O)C[C@@H]2CC(C(=O)OC)c3[nH]c4ccc(C(=O)NC)cc4c3CCN(C2)C1.CC[C@]12C=CCN3CCC[C@@]4(c5ccc(OC)cc5N(C)[C@H]4[C@@](O)(C(=O)OC)C1OC(C)=O)C32. The lowest BCUT2D eigenvalue weighted by Gasteiger charge is -2.68. The molecule has 6 heterocycles. The van der Waals surface area contributed by atoms with Crippen LogP contribution in [0.2, 0.25) is 0 Å². The molecule has 0 radical (unpaired) electrons. The fourth-order valence-corrected chi connectivity index (χ4v) is 13.2. The van der Waals surface area contributed by atoms with Crippen LogP contribution >= 0.6 is 0 Å². The smallest absolute Gasteiger partial charge is 0.344 e. The topological polar surface area (TPSA) is 183 Å². The number of carbonyl (C=O) groups is 4. The average Bonchev–Trinajstić information content (AvgIpc) is 3.80. The summed E-state index contributed by atoms with van der Waals surface area (Å²) in [6.07, 6.45) is 8.15. The first-order valence-corrected chi connectivity index (χ1v) is 22.8. The number of hydrogen-bond acceptors (Lipinski definition) is 13. The summed E-state index contributed by atoms with van der Waals surface area (Å²) in [6, 6.07) is 10.8. The van der Waals surface area contributed by atoms with Crippen molar-refractivity contribution in [3.8, 4) is 5.75 Å². The summed E-state index contributed by atoms with van der Waals surface area (Å²) in [4.78, 5) is 61.2. The van der Waals surface area contributed by atoms with Gasteiger partial charge >= 0.3 is 17.9 Å². The molecule has 10 atom stereocenters. The maximum atomic E-state index is 13.6. The predicted octanol–water partition coefficient (Wildman–Crippen LogP) is 4.22. The first kappa shape index (κ1) is 45.6. The van der Waals surface area contributed by atoms with Crippen molar-refractivity contribution in [2.45, 2.75) is 106 Å². The third kappa shape index (κ3) is 6.99. The molecule has 3 fully saturated rings. The van der Waals surface area contributed by atoms with Crippen LogP contribution in [-0.4, -0.2) is 146 Å². The van der Waals surface area contributed by atoms with E-state index < -0.39 is 52.0 Å². The number of aliphatic hydroxyl groups is 2. The van der Waals surface area contributed by atoms with E-state index in [-0.39, 0.29) is 23.8 Å². The maximum absolute atomic E-state index is 13.6. The highest BCUT2D eigenvalue weighted by Gasteiger charge is 2.79. The van der Waals surface area contributed by atoms with Gasteiger partial charge in [0, 0.05) is 98.0 Å². The summed E-state index contributed by atoms with van der Waals surface area (Å²) in [5.41, 5.74) is 1.34. The molecule has 1 saturated carbocycles. The van der Waals surface area contributed by atoms with Crippen LogP contribution in [0.3, 0.4) is 0 Å². The molecule has 1 aromatic heterocycles. The number of ether oxygens (including phenoxy) is 4. The predicted molar refractivity (Wildman–Crippen MR) is 240 cm³/mol. The third-order valence-corrected chi connectivity index (χ3v) is 15.7. The highest BCUT2D eigenvalue weighted by molar-refractivity contribution is 5.99. The minimum Gasteiger partial charge on any atom is -0.497 e. The van der Waals surface area contributed by atoms with Gasteiger partial charge in [0.05, 0.1) is 38.9 Å². The molecule has 1 spiro atoms. The molecular weight excluding hydrogens is 819 g/mol. The first-order valence-electron chi connectivity index (χ1n) is 22.8. The standard InChI is InChI=1S/C26H34N2O6.C23H31N3O4/c1-6-24-11-7-13-28-14-8-12-25(20(24)28)18-10-9-17(32-4)15-19(18)27(3)21(25)26(31,23(30)33-5)22(24)34-16(2)29;1-4-23(29)11-14-9-18(22(28)30-3)20-16(7-8-26(12-14)13-23)17-10-15(21(27)24-2)5-6-19(17)25-20/h7,9-11,15,20-22,31H,6,8,12-14H2,1-5H3;5-6,10,14,18,25,29H,4,7-9,11-13H2,1-3H3,(H,24,27)/t20?,21-,22?,24-,25-,26+;14-,18?,23-/m10/s1. The number of fused-ring (bicyclic) bond motifs is 6. The van der Waals surface area contributed by atoms with Crippen LogP contribution < -0.4 is 15.0 Å². The molecular formula is C49H65N5O10. The summed E-state index contributed by atoms with van der Waals surface area (Å²) in [5.74, 6) is -1.19. The van der Waals surface area contributed by atoms with Crippen molar-refractivity contribution in [3.05, 3.63) is 70.9 Å². The fourth-order valence-electron chi connectivity index (χ4n) is 13.2. The molecule has 3 aromatic rings. The minimum atomic E-state index is -2.08. The lowest BCUT2D eigenvalue weighted by Crippen LogP contribution is -2.84. The van der Waals surface area contributed by atoms with Crippen molar-refractivity contribution < 1.29 is 48.3 Å². The van der Waals surface area contributed by atoms with E-state index in [4.69, 9.17) is 18.9 Å². The molecule has 5 aliphatic heterocycles. The van der Waals surface area contributed by atoms with Crippen molar-refractivity contribution in [2.24, 2.45) is 11.3 Å². The molecule has 15 nitrogen and oxygen atoms in total. The Bertz CT molecular complexity index is 2350. The normalized spacial score (nSPS) is 33.6. The average molecular weight is 884 g/mol. The summed E-state index contributed by atoms with van der Waals surface area (Å²) < 4.78 is 21.9. The number of methoxy groups -OCH3 is 3. The number of hydrogen-bond donors (Lipinski definition) is 4. The van der Waals surface area contributed by atoms with Crippen LogP contribution in [-0.2, 0) is 40.4 Å². The zero-order valence-electron chi connectivity index (χ0n) is 38.5. The van der Waals surface area contributed by atoms with Gasteiger partial charge in [-0.3, -0.25) is 24.2 Å². The van der Waals surface area contributed by atoms with Gasteiger partial charge in [-0.2, -0.15) is 0 Å². The number of benzene rings is 2. The van der Waals surface area contributed by atoms with Gasteiger partial charge in [0.2, 0.25) is 5.60 Å². The summed E-state index contributed by atoms with van der Waals surface area (Å²) in [6.45, 7) is 9.41. The third-order valence-electron chi connectivity index (χ3n) is 15.7. The van der Waals surface area contributed by atoms with E-state index in [1.807, 2.05) is 50.1 Å². The van der Waals surface area contributed by atoms with E-state index in [9.17, 15) is 29.4 Å². The van der Waals surface area contributed by atoms with E-state index >= 15 is 0 Å². The lowest BCUT2D eigenvalue weighted by atomic mass is 9.45. The number of nitrogens with zero attached hydrogens (tertiary/aromatic N) is 3. The van der Waals surface area contributed by atoms with Crippen molar-refractivity contribution >= 4 is 40.4 Å². The van der Waals surface area contributed by atoms with Gasteiger partial charge in [0.25, 0.3) is 5.91 Å². The van der Waals surface area contributed by atoms with Gasteiger partial charge in [0.15, 0.2) is 6.10 Å². The lowest BCUT2D eigenvalue weighted by molar-refractivity contribution is -0.239. The van der Waals surface area contributed by atoms with Gasteiger partial charge in [0.1, 0.15) is 5.75 Å². The number of piperidine rings is 2. The van der Waals surface area contributed by atoms with Crippen molar-refractivity contribution in [2.75, 3.05) is 73.0 Å². The van der Waals surface area contributed by atoms with Gasteiger partial charge in [-0.25, -0.2) is 4.79 Å². The Labute approximate surface area is 375 Å². The number of rotatable bonds is 7. The van der Waals surface area contributed by atoms with E-state index in [2.05, 4.69) is 38.3 Å². The fraction of sp³-hybridized carbons (Fsp3) is 0.592. The number of H-pyrrole nitrogens is 1. The first-order chi connectivity index (χ1) is 30.6. The number of esters is 3. The second kappa shape index (κ2) is 17.1. The van der Waals surface area contributed by atoms with Gasteiger partial charge in [-0.05, 0) is 92.8 Å².